The Labute approximate surface area is 178 Å². The van der Waals surface area contributed by atoms with Crippen molar-refractivity contribution in [1.29, 1.82) is 0 Å². The number of methoxy groups -OCH3 is 3. The molecule has 0 aliphatic carbocycles. The van der Waals surface area contributed by atoms with Crippen LogP contribution >= 0.6 is 0 Å². The number of hydrogen-bond donors (Lipinski definition) is 3. The smallest absolute Gasteiger partial charge is 0.286 e. The SMILES string of the molecule is COc1ccc(C2Nc3ccccc3N2c2c(OC)nc(C(N)=O)nc2OC)cc1O. The molecule has 1 atom stereocenters. The molecule has 1 aromatic heterocycles. The summed E-state index contributed by atoms with van der Waals surface area (Å²) in [6, 6.07) is 12.7. The molecule has 4 rings (SSSR count). The van der Waals surface area contributed by atoms with E-state index in [0.717, 1.165) is 16.9 Å². The molecule has 0 fully saturated rings. The lowest BCUT2D eigenvalue weighted by Crippen LogP contribution is -2.26. The van der Waals surface area contributed by atoms with Gasteiger partial charge in [-0.3, -0.25) is 4.79 Å². The van der Waals surface area contributed by atoms with Crippen molar-refractivity contribution in [2.24, 2.45) is 5.73 Å². The first-order chi connectivity index (χ1) is 15.0. The van der Waals surface area contributed by atoms with Crippen LogP contribution in [0.5, 0.6) is 23.3 Å². The van der Waals surface area contributed by atoms with Gasteiger partial charge in [-0.2, -0.15) is 9.97 Å². The summed E-state index contributed by atoms with van der Waals surface area (Å²) in [7, 11) is 4.34. The van der Waals surface area contributed by atoms with Crippen molar-refractivity contribution >= 4 is 23.0 Å². The quantitative estimate of drug-likeness (QED) is 0.547. The van der Waals surface area contributed by atoms with Gasteiger partial charge >= 0.3 is 0 Å². The number of aromatic nitrogens is 2. The van der Waals surface area contributed by atoms with Crippen LogP contribution in [0.2, 0.25) is 0 Å². The third kappa shape index (κ3) is 3.37. The summed E-state index contributed by atoms with van der Waals surface area (Å²) in [5, 5.41) is 13.7. The number of hydrogen-bond acceptors (Lipinski definition) is 9. The van der Waals surface area contributed by atoms with Crippen LogP contribution in [0.1, 0.15) is 22.3 Å². The molecule has 2 heterocycles. The molecule has 0 saturated carbocycles. The van der Waals surface area contributed by atoms with Crippen LogP contribution in [0.4, 0.5) is 17.1 Å². The molecule has 1 unspecified atom stereocenters. The Morgan fingerprint density at radius 1 is 1.06 bits per heavy atom. The highest BCUT2D eigenvalue weighted by molar-refractivity contribution is 5.91. The number of aromatic hydroxyl groups is 1. The number of phenols is 1. The van der Waals surface area contributed by atoms with Crippen molar-refractivity contribution in [1.82, 2.24) is 9.97 Å². The van der Waals surface area contributed by atoms with E-state index in [1.165, 1.54) is 21.3 Å². The number of nitrogens with zero attached hydrogens (tertiary/aromatic N) is 3. The monoisotopic (exact) mass is 423 g/mol. The number of anilines is 3. The number of carbonyl (C=O) groups excluding carboxylic acids is 1. The number of rotatable bonds is 6. The number of amides is 1. The number of benzene rings is 2. The van der Waals surface area contributed by atoms with Gasteiger partial charge in [-0.15, -0.1) is 0 Å². The maximum Gasteiger partial charge on any atom is 0.286 e. The Morgan fingerprint density at radius 3 is 2.32 bits per heavy atom. The van der Waals surface area contributed by atoms with Gasteiger partial charge in [0, 0.05) is 0 Å². The lowest BCUT2D eigenvalue weighted by atomic mass is 10.1. The maximum absolute atomic E-state index is 11.7. The fourth-order valence-corrected chi connectivity index (χ4v) is 3.53. The number of nitrogens with one attached hydrogen (secondary N) is 1. The third-order valence-corrected chi connectivity index (χ3v) is 4.90. The molecular weight excluding hydrogens is 402 g/mol. The number of para-hydroxylation sites is 2. The topological polar surface area (TPSA) is 132 Å². The molecule has 31 heavy (non-hydrogen) atoms. The van der Waals surface area contributed by atoms with Gasteiger partial charge in [0.2, 0.25) is 17.6 Å². The number of fused-ring (bicyclic) bond motifs is 1. The number of nitrogens with two attached hydrogens (primary N) is 1. The van der Waals surface area contributed by atoms with Crippen molar-refractivity contribution in [2.75, 3.05) is 31.5 Å². The van der Waals surface area contributed by atoms with Crippen molar-refractivity contribution in [3.05, 3.63) is 53.9 Å². The van der Waals surface area contributed by atoms with Crippen molar-refractivity contribution in [3.63, 3.8) is 0 Å². The minimum atomic E-state index is -0.806. The highest BCUT2D eigenvalue weighted by Gasteiger charge is 2.37. The molecule has 10 nitrogen and oxygen atoms in total. The Bertz CT molecular complexity index is 1130. The molecule has 4 N–H and O–H groups in total. The fourth-order valence-electron chi connectivity index (χ4n) is 3.53. The van der Waals surface area contributed by atoms with Crippen molar-refractivity contribution < 1.29 is 24.1 Å². The van der Waals surface area contributed by atoms with Gasteiger partial charge in [0.05, 0.1) is 32.7 Å². The lowest BCUT2D eigenvalue weighted by molar-refractivity contribution is 0.0988. The standard InChI is InChI=1S/C21H21N5O5/c1-29-15-9-8-11(10-14(15)27)19-23-12-6-4-5-7-13(12)26(19)16-20(30-2)24-18(17(22)28)25-21(16)31-3/h4-10,19,23,27H,1-3H3,(H2,22,28). The minimum Gasteiger partial charge on any atom is -0.504 e. The van der Waals surface area contributed by atoms with E-state index in [-0.39, 0.29) is 23.3 Å². The van der Waals surface area contributed by atoms with E-state index in [1.807, 2.05) is 35.2 Å². The highest BCUT2D eigenvalue weighted by Crippen LogP contribution is 2.51. The minimum absolute atomic E-state index is 0.00281. The summed E-state index contributed by atoms with van der Waals surface area (Å²) < 4.78 is 16.1. The first kappa shape index (κ1) is 20.1. The molecule has 1 aliphatic rings. The Balaban J connectivity index is 1.93. The molecular formula is C21H21N5O5. The zero-order valence-corrected chi connectivity index (χ0v) is 17.1. The molecule has 0 radical (unpaired) electrons. The summed E-state index contributed by atoms with van der Waals surface area (Å²) in [6.07, 6.45) is -0.472. The molecule has 10 heteroatoms. The summed E-state index contributed by atoms with van der Waals surface area (Å²) in [6.45, 7) is 0. The van der Waals surface area contributed by atoms with Crippen LogP contribution in [-0.2, 0) is 0 Å². The van der Waals surface area contributed by atoms with Crippen LogP contribution < -0.4 is 30.2 Å². The second-order valence-corrected chi connectivity index (χ2v) is 6.64. The second kappa shape index (κ2) is 7.90. The van der Waals surface area contributed by atoms with Crippen LogP contribution in [0.3, 0.4) is 0 Å². The van der Waals surface area contributed by atoms with Gasteiger partial charge in [0.25, 0.3) is 5.91 Å². The molecule has 1 amide bonds. The van der Waals surface area contributed by atoms with E-state index in [1.54, 1.807) is 12.1 Å². The number of primary amides is 1. The van der Waals surface area contributed by atoms with Gasteiger partial charge in [0.1, 0.15) is 6.17 Å². The number of phenolic OH excluding ortho intramolecular Hbond substituents is 1. The van der Waals surface area contributed by atoms with Crippen molar-refractivity contribution in [3.8, 4) is 23.3 Å². The van der Waals surface area contributed by atoms with Gasteiger partial charge in [-0.1, -0.05) is 18.2 Å². The third-order valence-electron chi connectivity index (χ3n) is 4.90. The Morgan fingerprint density at radius 2 is 1.74 bits per heavy atom. The average Bonchev–Trinajstić information content (AvgIpc) is 3.17. The molecule has 0 spiro atoms. The Kier molecular flexibility index (Phi) is 5.12. The fraction of sp³-hybridized carbons (Fsp3) is 0.190. The summed E-state index contributed by atoms with van der Waals surface area (Å²) in [5.41, 5.74) is 8.13. The van der Waals surface area contributed by atoms with E-state index in [2.05, 4.69) is 15.3 Å². The molecule has 0 saturated heterocycles. The van der Waals surface area contributed by atoms with Crippen molar-refractivity contribution in [2.45, 2.75) is 6.17 Å². The van der Waals surface area contributed by atoms with E-state index in [0.29, 0.717) is 11.4 Å². The van der Waals surface area contributed by atoms with E-state index in [9.17, 15) is 9.90 Å². The van der Waals surface area contributed by atoms with Gasteiger partial charge in [-0.25, -0.2) is 0 Å². The van der Waals surface area contributed by atoms with Gasteiger partial charge < -0.3 is 35.3 Å². The zero-order valence-electron chi connectivity index (χ0n) is 17.1. The molecule has 2 aromatic carbocycles. The van der Waals surface area contributed by atoms with Gasteiger partial charge in [0.15, 0.2) is 17.2 Å². The largest absolute Gasteiger partial charge is 0.504 e. The Hall–Kier alpha value is -4.21. The van der Waals surface area contributed by atoms with Crippen LogP contribution in [0.25, 0.3) is 0 Å². The summed E-state index contributed by atoms with van der Waals surface area (Å²) >= 11 is 0. The second-order valence-electron chi connectivity index (χ2n) is 6.64. The molecule has 160 valence electrons. The molecule has 1 aliphatic heterocycles. The van der Waals surface area contributed by atoms with E-state index in [4.69, 9.17) is 19.9 Å². The first-order valence-corrected chi connectivity index (χ1v) is 9.30. The summed E-state index contributed by atoms with van der Waals surface area (Å²) in [4.78, 5) is 21.9. The number of ether oxygens (including phenoxy) is 3. The zero-order chi connectivity index (χ0) is 22.1. The van der Waals surface area contributed by atoms with Crippen LogP contribution in [0.15, 0.2) is 42.5 Å². The first-order valence-electron chi connectivity index (χ1n) is 9.30. The van der Waals surface area contributed by atoms with Crippen LogP contribution in [-0.4, -0.2) is 42.3 Å². The molecule has 3 aromatic rings. The normalized spacial score (nSPS) is 14.5. The summed E-state index contributed by atoms with van der Waals surface area (Å²) in [5.74, 6) is -0.452. The average molecular weight is 423 g/mol. The highest BCUT2D eigenvalue weighted by atomic mass is 16.5. The maximum atomic E-state index is 11.7. The molecule has 0 bridgehead atoms. The number of carbonyl (C=O) groups is 1. The lowest BCUT2D eigenvalue weighted by Gasteiger charge is -2.29. The van der Waals surface area contributed by atoms with E-state index >= 15 is 0 Å². The predicted octanol–water partition coefficient (Wildman–Crippen LogP) is 2.57. The predicted molar refractivity (Wildman–Crippen MR) is 113 cm³/mol. The van der Waals surface area contributed by atoms with Gasteiger partial charge in [-0.05, 0) is 29.8 Å². The van der Waals surface area contributed by atoms with Crippen LogP contribution in [0, 0.1) is 0 Å². The van der Waals surface area contributed by atoms with E-state index < -0.39 is 12.1 Å².